The van der Waals surface area contributed by atoms with Gasteiger partial charge in [0, 0.05) is 21.3 Å². The largest absolute Gasteiger partial charge is 0.354 e. The number of halogens is 3. The molecule has 0 heterocycles. The van der Waals surface area contributed by atoms with E-state index in [2.05, 4.69) is 26.6 Å². The third-order valence-corrected chi connectivity index (χ3v) is 5.52. The van der Waals surface area contributed by atoms with Crippen molar-refractivity contribution in [2.75, 3.05) is 10.6 Å². The number of carbonyl (C=O) groups is 1. The van der Waals surface area contributed by atoms with Crippen molar-refractivity contribution in [1.82, 2.24) is 0 Å². The molecule has 0 saturated heterocycles. The van der Waals surface area contributed by atoms with Gasteiger partial charge in [-0.05, 0) is 65.2 Å². The molecule has 1 aliphatic carbocycles. The zero-order chi connectivity index (χ0) is 16.6. The Bertz CT molecular complexity index is 775. The van der Waals surface area contributed by atoms with Gasteiger partial charge in [0.05, 0.1) is 15.7 Å². The number of hydrogen-bond donors (Lipinski definition) is 2. The Labute approximate surface area is 153 Å². The number of hydrogen-bond acceptors (Lipinski definition) is 2. The van der Waals surface area contributed by atoms with Crippen LogP contribution in [0.5, 0.6) is 0 Å². The predicted molar refractivity (Wildman–Crippen MR) is 99.9 cm³/mol. The summed E-state index contributed by atoms with van der Waals surface area (Å²) in [6, 6.07) is 11.0. The molecule has 6 heteroatoms. The molecule has 0 bridgehead atoms. The highest BCUT2D eigenvalue weighted by atomic mass is 79.9. The highest BCUT2D eigenvalue weighted by molar-refractivity contribution is 9.10. The predicted octanol–water partition coefficient (Wildman–Crippen LogP) is 6.24. The number of rotatable bonds is 4. The van der Waals surface area contributed by atoms with Crippen LogP contribution >= 0.6 is 39.1 Å². The molecule has 2 aromatic carbocycles. The molecule has 120 valence electrons. The number of nitrogens with one attached hydrogen (secondary N) is 2. The molecule has 0 aromatic heterocycles. The van der Waals surface area contributed by atoms with Crippen molar-refractivity contribution in [2.45, 2.75) is 19.8 Å². The summed E-state index contributed by atoms with van der Waals surface area (Å²) in [5.41, 5.74) is 2.08. The average molecular weight is 414 g/mol. The van der Waals surface area contributed by atoms with E-state index in [0.717, 1.165) is 28.7 Å². The van der Waals surface area contributed by atoms with E-state index in [1.807, 2.05) is 37.3 Å². The van der Waals surface area contributed by atoms with Gasteiger partial charge in [0.2, 0.25) is 5.91 Å². The molecule has 23 heavy (non-hydrogen) atoms. The molecule has 0 radical (unpaired) electrons. The van der Waals surface area contributed by atoms with Crippen LogP contribution in [0.1, 0.15) is 19.8 Å². The Kier molecular flexibility index (Phi) is 4.59. The van der Waals surface area contributed by atoms with Crippen LogP contribution in [0.4, 0.5) is 17.1 Å². The van der Waals surface area contributed by atoms with Gasteiger partial charge in [-0.2, -0.15) is 0 Å². The molecular weight excluding hydrogens is 399 g/mol. The first kappa shape index (κ1) is 16.6. The maximum atomic E-state index is 12.1. The smallest absolute Gasteiger partial charge is 0.230 e. The minimum absolute atomic E-state index is 0.0500. The summed E-state index contributed by atoms with van der Waals surface area (Å²) in [7, 11) is 0. The maximum Gasteiger partial charge on any atom is 0.230 e. The lowest BCUT2D eigenvalue weighted by molar-refractivity contribution is -0.120. The highest BCUT2D eigenvalue weighted by Gasteiger charge is 2.44. The van der Waals surface area contributed by atoms with Gasteiger partial charge in [0.25, 0.3) is 0 Å². The van der Waals surface area contributed by atoms with E-state index in [9.17, 15) is 4.79 Å². The fourth-order valence-corrected chi connectivity index (χ4v) is 2.78. The summed E-state index contributed by atoms with van der Waals surface area (Å²) in [5, 5.41) is 7.28. The Balaban J connectivity index is 1.74. The van der Waals surface area contributed by atoms with Gasteiger partial charge < -0.3 is 10.6 Å². The first-order valence-corrected chi connectivity index (χ1v) is 8.75. The van der Waals surface area contributed by atoms with Crippen LogP contribution < -0.4 is 10.6 Å². The molecule has 3 rings (SSSR count). The van der Waals surface area contributed by atoms with Crippen LogP contribution in [0.2, 0.25) is 10.0 Å². The number of carbonyl (C=O) groups excluding carboxylic acids is 1. The molecule has 2 N–H and O–H groups in total. The van der Waals surface area contributed by atoms with Gasteiger partial charge in [-0.3, -0.25) is 4.79 Å². The standard InChI is InChI=1S/C17H15BrCl2N2O/c1-17(6-7-17)16(23)22-11-3-5-15(14(20)9-11)21-10-2-4-12(18)13(19)8-10/h2-5,8-9,21H,6-7H2,1H3,(H,22,23). The Morgan fingerprint density at radius 3 is 2.35 bits per heavy atom. The Hall–Kier alpha value is -1.23. The van der Waals surface area contributed by atoms with Gasteiger partial charge in [-0.15, -0.1) is 0 Å². The molecule has 1 saturated carbocycles. The average Bonchev–Trinajstić information content (AvgIpc) is 3.25. The molecule has 2 aromatic rings. The van der Waals surface area contributed by atoms with Crippen molar-refractivity contribution in [1.29, 1.82) is 0 Å². The summed E-state index contributed by atoms with van der Waals surface area (Å²) >= 11 is 15.7. The number of amides is 1. The monoisotopic (exact) mass is 412 g/mol. The van der Waals surface area contributed by atoms with Crippen molar-refractivity contribution in [3.05, 3.63) is 50.9 Å². The van der Waals surface area contributed by atoms with E-state index in [1.165, 1.54) is 0 Å². The van der Waals surface area contributed by atoms with Crippen molar-refractivity contribution >= 4 is 62.1 Å². The van der Waals surface area contributed by atoms with Crippen LogP contribution in [-0.2, 0) is 4.79 Å². The molecule has 1 aliphatic rings. The fourth-order valence-electron chi connectivity index (χ4n) is 2.12. The van der Waals surface area contributed by atoms with E-state index < -0.39 is 0 Å². The van der Waals surface area contributed by atoms with Gasteiger partial charge in [-0.25, -0.2) is 0 Å². The molecule has 0 atom stereocenters. The fraction of sp³-hybridized carbons (Fsp3) is 0.235. The highest BCUT2D eigenvalue weighted by Crippen LogP contribution is 2.45. The zero-order valence-electron chi connectivity index (χ0n) is 12.4. The third-order valence-electron chi connectivity index (χ3n) is 3.97. The van der Waals surface area contributed by atoms with Gasteiger partial charge in [0.1, 0.15) is 0 Å². The second-order valence-corrected chi connectivity index (χ2v) is 7.63. The van der Waals surface area contributed by atoms with Crippen molar-refractivity contribution in [3.63, 3.8) is 0 Å². The summed E-state index contributed by atoms with van der Waals surface area (Å²) < 4.78 is 0.836. The molecule has 3 nitrogen and oxygen atoms in total. The van der Waals surface area contributed by atoms with Gasteiger partial charge in [0.15, 0.2) is 0 Å². The molecule has 0 aliphatic heterocycles. The van der Waals surface area contributed by atoms with Crippen LogP contribution in [-0.4, -0.2) is 5.91 Å². The van der Waals surface area contributed by atoms with E-state index in [-0.39, 0.29) is 11.3 Å². The second-order valence-electron chi connectivity index (χ2n) is 5.96. The van der Waals surface area contributed by atoms with Crippen molar-refractivity contribution in [2.24, 2.45) is 5.41 Å². The summed E-state index contributed by atoms with van der Waals surface area (Å²) in [4.78, 5) is 12.1. The SMILES string of the molecule is CC1(C(=O)Nc2ccc(Nc3ccc(Br)c(Cl)c3)c(Cl)c2)CC1. The van der Waals surface area contributed by atoms with Crippen molar-refractivity contribution in [3.8, 4) is 0 Å². The van der Waals surface area contributed by atoms with Crippen LogP contribution in [0.25, 0.3) is 0 Å². The topological polar surface area (TPSA) is 41.1 Å². The summed E-state index contributed by atoms with van der Waals surface area (Å²) in [6.07, 6.45) is 1.88. The van der Waals surface area contributed by atoms with E-state index in [0.29, 0.717) is 15.7 Å². The van der Waals surface area contributed by atoms with Crippen LogP contribution in [0, 0.1) is 5.41 Å². The Morgan fingerprint density at radius 2 is 1.74 bits per heavy atom. The zero-order valence-corrected chi connectivity index (χ0v) is 15.5. The summed E-state index contributed by atoms with van der Waals surface area (Å²) in [5.74, 6) is 0.0500. The van der Waals surface area contributed by atoms with E-state index >= 15 is 0 Å². The first-order valence-electron chi connectivity index (χ1n) is 7.20. The van der Waals surface area contributed by atoms with Crippen molar-refractivity contribution < 1.29 is 4.79 Å². The molecule has 1 amide bonds. The molecule has 0 unspecified atom stereocenters. The number of anilines is 3. The van der Waals surface area contributed by atoms with E-state index in [1.54, 1.807) is 6.07 Å². The van der Waals surface area contributed by atoms with Crippen LogP contribution in [0.3, 0.4) is 0 Å². The maximum absolute atomic E-state index is 12.1. The normalized spacial score (nSPS) is 15.1. The van der Waals surface area contributed by atoms with E-state index in [4.69, 9.17) is 23.2 Å². The minimum Gasteiger partial charge on any atom is -0.354 e. The lowest BCUT2D eigenvalue weighted by Crippen LogP contribution is -2.21. The summed E-state index contributed by atoms with van der Waals surface area (Å²) in [6.45, 7) is 1.97. The second kappa shape index (κ2) is 6.34. The third kappa shape index (κ3) is 3.82. The molecule has 0 spiro atoms. The quantitative estimate of drug-likeness (QED) is 0.622. The lowest BCUT2D eigenvalue weighted by Gasteiger charge is -2.13. The molecular formula is C17H15BrCl2N2O. The molecule has 1 fully saturated rings. The lowest BCUT2D eigenvalue weighted by atomic mass is 10.1. The Morgan fingerprint density at radius 1 is 1.09 bits per heavy atom. The van der Waals surface area contributed by atoms with Gasteiger partial charge >= 0.3 is 0 Å². The minimum atomic E-state index is -0.211. The first-order chi connectivity index (χ1) is 10.9. The van der Waals surface area contributed by atoms with Gasteiger partial charge in [-0.1, -0.05) is 30.1 Å². The van der Waals surface area contributed by atoms with Crippen LogP contribution in [0.15, 0.2) is 40.9 Å². The number of benzene rings is 2.